The number of hydrogen-bond acceptors (Lipinski definition) is 3. The normalized spacial score (nSPS) is 16.9. The van der Waals surface area contributed by atoms with Gasteiger partial charge in [0.25, 0.3) is 0 Å². The van der Waals surface area contributed by atoms with Gasteiger partial charge < -0.3 is 15.5 Å². The van der Waals surface area contributed by atoms with Gasteiger partial charge in [0, 0.05) is 13.6 Å². The van der Waals surface area contributed by atoms with Crippen LogP contribution in [0.5, 0.6) is 0 Å². The van der Waals surface area contributed by atoms with E-state index < -0.39 is 6.04 Å². The van der Waals surface area contributed by atoms with Gasteiger partial charge in [-0.15, -0.1) is 0 Å². The van der Waals surface area contributed by atoms with Crippen molar-refractivity contribution in [1.29, 1.82) is 0 Å². The number of anilines is 1. The van der Waals surface area contributed by atoms with Crippen LogP contribution < -0.4 is 10.6 Å². The summed E-state index contributed by atoms with van der Waals surface area (Å²) in [4.78, 5) is 25.8. The second kappa shape index (κ2) is 6.92. The number of likely N-dealkylation sites (N-methyl/N-ethyl adjacent to an activating group) is 1. The minimum absolute atomic E-state index is 0.144. The number of rotatable bonds is 3. The van der Waals surface area contributed by atoms with E-state index in [0.29, 0.717) is 23.7 Å². The van der Waals surface area contributed by atoms with E-state index in [1.165, 1.54) is 0 Å². The Morgan fingerprint density at radius 1 is 1.33 bits per heavy atom. The molecule has 8 heteroatoms. The lowest BCUT2D eigenvalue weighted by Crippen LogP contribution is -2.46. The highest BCUT2D eigenvalue weighted by Gasteiger charge is 2.33. The second-order valence-electron chi connectivity index (χ2n) is 5.52. The number of hydrogen-bond donors (Lipinski definition) is 2. The molecule has 3 rings (SSSR count). The fourth-order valence-corrected chi connectivity index (χ4v) is 3.02. The lowest BCUT2D eigenvalue weighted by Gasteiger charge is -2.23. The third kappa shape index (κ3) is 3.21. The minimum atomic E-state index is -0.423. The summed E-state index contributed by atoms with van der Waals surface area (Å²) in [5.74, 6) is -0.144. The van der Waals surface area contributed by atoms with Gasteiger partial charge in [-0.1, -0.05) is 23.7 Å². The molecule has 7 nitrogen and oxygen atoms in total. The number of urea groups is 1. The van der Waals surface area contributed by atoms with Gasteiger partial charge in [0.05, 0.1) is 28.8 Å². The number of para-hydroxylation sites is 1. The SMILES string of the molecule is CNC(=O)C1CCCN1C(=O)Nc1cnn(-c2ccccc2Cl)c1. The van der Waals surface area contributed by atoms with E-state index in [1.54, 1.807) is 35.1 Å². The summed E-state index contributed by atoms with van der Waals surface area (Å²) < 4.78 is 1.60. The Bertz CT molecular complexity index is 760. The van der Waals surface area contributed by atoms with Crippen LogP contribution in [0.25, 0.3) is 5.69 Å². The number of nitrogens with one attached hydrogen (secondary N) is 2. The van der Waals surface area contributed by atoms with E-state index in [2.05, 4.69) is 15.7 Å². The first-order chi connectivity index (χ1) is 11.6. The third-order valence-electron chi connectivity index (χ3n) is 4.00. The number of halogens is 1. The van der Waals surface area contributed by atoms with Gasteiger partial charge >= 0.3 is 6.03 Å². The molecule has 3 amide bonds. The molecular formula is C16H18ClN5O2. The Hall–Kier alpha value is -2.54. The van der Waals surface area contributed by atoms with Crippen LogP contribution in [0.1, 0.15) is 12.8 Å². The molecule has 0 saturated carbocycles. The zero-order chi connectivity index (χ0) is 17.1. The summed E-state index contributed by atoms with van der Waals surface area (Å²) in [7, 11) is 1.57. The minimum Gasteiger partial charge on any atom is -0.357 e. The van der Waals surface area contributed by atoms with Gasteiger partial charge in [-0.05, 0) is 25.0 Å². The molecule has 24 heavy (non-hydrogen) atoms. The Morgan fingerprint density at radius 3 is 2.88 bits per heavy atom. The van der Waals surface area contributed by atoms with Crippen LogP contribution in [0.3, 0.4) is 0 Å². The van der Waals surface area contributed by atoms with E-state index in [-0.39, 0.29) is 11.9 Å². The van der Waals surface area contributed by atoms with Crippen molar-refractivity contribution in [3.63, 3.8) is 0 Å². The maximum atomic E-state index is 12.4. The lowest BCUT2D eigenvalue weighted by molar-refractivity contribution is -0.124. The molecule has 2 heterocycles. The van der Waals surface area contributed by atoms with Crippen molar-refractivity contribution in [2.75, 3.05) is 18.9 Å². The summed E-state index contributed by atoms with van der Waals surface area (Å²) in [5.41, 5.74) is 1.27. The van der Waals surface area contributed by atoms with E-state index >= 15 is 0 Å². The van der Waals surface area contributed by atoms with Crippen LogP contribution in [0.4, 0.5) is 10.5 Å². The monoisotopic (exact) mass is 347 g/mol. The predicted molar refractivity (Wildman–Crippen MR) is 91.4 cm³/mol. The molecule has 1 aliphatic rings. The summed E-state index contributed by atoms with van der Waals surface area (Å²) in [6.45, 7) is 0.558. The summed E-state index contributed by atoms with van der Waals surface area (Å²) in [5, 5.41) is 10.2. The average molecular weight is 348 g/mol. The first-order valence-corrected chi connectivity index (χ1v) is 8.06. The van der Waals surface area contributed by atoms with Crippen LogP contribution in [0, 0.1) is 0 Å². The molecule has 0 radical (unpaired) electrons. The maximum Gasteiger partial charge on any atom is 0.322 e. The largest absolute Gasteiger partial charge is 0.357 e. The van der Waals surface area contributed by atoms with E-state index in [4.69, 9.17) is 11.6 Å². The third-order valence-corrected chi connectivity index (χ3v) is 4.32. The van der Waals surface area contributed by atoms with Gasteiger partial charge in [0.2, 0.25) is 5.91 Å². The Balaban J connectivity index is 1.72. The van der Waals surface area contributed by atoms with Crippen LogP contribution in [0.2, 0.25) is 5.02 Å². The zero-order valence-electron chi connectivity index (χ0n) is 13.2. The molecule has 0 spiro atoms. The van der Waals surface area contributed by atoms with Crippen molar-refractivity contribution in [2.45, 2.75) is 18.9 Å². The Kier molecular flexibility index (Phi) is 4.71. The molecule has 2 N–H and O–H groups in total. The highest BCUT2D eigenvalue weighted by atomic mass is 35.5. The van der Waals surface area contributed by atoms with Crippen molar-refractivity contribution < 1.29 is 9.59 Å². The predicted octanol–water partition coefficient (Wildman–Crippen LogP) is 2.27. The summed E-state index contributed by atoms with van der Waals surface area (Å²) >= 11 is 6.15. The molecule has 1 saturated heterocycles. The van der Waals surface area contributed by atoms with Gasteiger partial charge in [-0.25, -0.2) is 9.48 Å². The van der Waals surface area contributed by atoms with Crippen LogP contribution >= 0.6 is 11.6 Å². The van der Waals surface area contributed by atoms with E-state index in [1.807, 2.05) is 18.2 Å². The average Bonchev–Trinajstić information content (AvgIpc) is 3.23. The molecular weight excluding hydrogens is 330 g/mol. The molecule has 1 aromatic heterocycles. The number of benzene rings is 1. The maximum absolute atomic E-state index is 12.4. The molecule has 1 unspecified atom stereocenters. The molecule has 0 aliphatic carbocycles. The number of nitrogens with zero attached hydrogens (tertiary/aromatic N) is 3. The number of aromatic nitrogens is 2. The molecule has 1 fully saturated rings. The topological polar surface area (TPSA) is 79.3 Å². The molecule has 1 aliphatic heterocycles. The Morgan fingerprint density at radius 2 is 2.12 bits per heavy atom. The van der Waals surface area contributed by atoms with Crippen molar-refractivity contribution in [1.82, 2.24) is 20.0 Å². The smallest absolute Gasteiger partial charge is 0.322 e. The zero-order valence-corrected chi connectivity index (χ0v) is 14.0. The Labute approximate surface area is 144 Å². The van der Waals surface area contributed by atoms with Gasteiger partial charge in [-0.3, -0.25) is 4.79 Å². The van der Waals surface area contributed by atoms with Crippen LogP contribution in [-0.2, 0) is 4.79 Å². The van der Waals surface area contributed by atoms with E-state index in [9.17, 15) is 9.59 Å². The molecule has 126 valence electrons. The number of amides is 3. The van der Waals surface area contributed by atoms with Crippen LogP contribution in [0.15, 0.2) is 36.7 Å². The fourth-order valence-electron chi connectivity index (χ4n) is 2.80. The first-order valence-electron chi connectivity index (χ1n) is 7.69. The van der Waals surface area contributed by atoms with Gasteiger partial charge in [0.15, 0.2) is 0 Å². The highest BCUT2D eigenvalue weighted by molar-refractivity contribution is 6.32. The molecule has 0 bridgehead atoms. The number of likely N-dealkylation sites (tertiary alicyclic amines) is 1. The van der Waals surface area contributed by atoms with Crippen molar-refractivity contribution in [3.8, 4) is 5.69 Å². The van der Waals surface area contributed by atoms with Crippen LogP contribution in [-0.4, -0.2) is 46.3 Å². The van der Waals surface area contributed by atoms with Crippen molar-refractivity contribution in [3.05, 3.63) is 41.7 Å². The number of carbonyl (C=O) groups excluding carboxylic acids is 2. The highest BCUT2D eigenvalue weighted by Crippen LogP contribution is 2.22. The van der Waals surface area contributed by atoms with Crippen molar-refractivity contribution in [2.24, 2.45) is 0 Å². The first kappa shape index (κ1) is 16.3. The second-order valence-corrected chi connectivity index (χ2v) is 5.93. The number of carbonyl (C=O) groups is 2. The summed E-state index contributed by atoms with van der Waals surface area (Å²) in [6, 6.07) is 6.58. The standard InChI is InChI=1S/C16H18ClN5O2/c1-18-15(23)14-7-4-8-21(14)16(24)20-11-9-19-22(10-11)13-6-3-2-5-12(13)17/h2-3,5-6,9-10,14H,4,7-8H2,1H3,(H,18,23)(H,20,24). The van der Waals surface area contributed by atoms with Gasteiger partial charge in [-0.2, -0.15) is 5.10 Å². The summed E-state index contributed by atoms with van der Waals surface area (Å²) in [6.07, 6.45) is 4.71. The lowest BCUT2D eigenvalue weighted by atomic mass is 10.2. The van der Waals surface area contributed by atoms with Crippen molar-refractivity contribution >= 4 is 29.2 Å². The quantitative estimate of drug-likeness (QED) is 0.893. The molecule has 2 aromatic rings. The van der Waals surface area contributed by atoms with E-state index in [0.717, 1.165) is 12.1 Å². The fraction of sp³-hybridized carbons (Fsp3) is 0.312. The molecule has 1 atom stereocenters. The van der Waals surface area contributed by atoms with Gasteiger partial charge in [0.1, 0.15) is 6.04 Å². The molecule has 1 aromatic carbocycles.